The molecule has 3 rings (SSSR count). The van der Waals surface area contributed by atoms with Crippen LogP contribution >= 0.6 is 22.6 Å². The van der Waals surface area contributed by atoms with Gasteiger partial charge in [-0.05, 0) is 35.4 Å². The van der Waals surface area contributed by atoms with E-state index in [4.69, 9.17) is 0 Å². The van der Waals surface area contributed by atoms with E-state index in [0.29, 0.717) is 11.7 Å². The number of hydrogen-bond donors (Lipinski definition) is 1. The minimum Gasteiger partial charge on any atom is -0.306 e. The Morgan fingerprint density at radius 3 is 2.79 bits per heavy atom. The van der Waals surface area contributed by atoms with E-state index < -0.39 is 0 Å². The zero-order chi connectivity index (χ0) is 13.4. The summed E-state index contributed by atoms with van der Waals surface area (Å²) in [7, 11) is 1.85. The van der Waals surface area contributed by atoms with Crippen LogP contribution in [0.25, 0.3) is 11.4 Å². The third-order valence-electron chi connectivity index (χ3n) is 3.61. The van der Waals surface area contributed by atoms with E-state index in [1.165, 1.54) is 12.8 Å². The average Bonchev–Trinajstić information content (AvgIpc) is 3.03. The Morgan fingerprint density at radius 2 is 2.16 bits per heavy atom. The summed E-state index contributed by atoms with van der Waals surface area (Å²) in [4.78, 5) is 19.6. The zero-order valence-corrected chi connectivity index (χ0v) is 12.8. The van der Waals surface area contributed by atoms with Crippen molar-refractivity contribution in [3.63, 3.8) is 0 Å². The first-order valence-corrected chi connectivity index (χ1v) is 7.52. The second-order valence-electron chi connectivity index (χ2n) is 5.00. The summed E-state index contributed by atoms with van der Waals surface area (Å²) in [6.45, 7) is 0. The molecule has 0 radical (unpaired) electrons. The topological polar surface area (TPSA) is 63.6 Å². The normalized spacial score (nSPS) is 16.1. The molecule has 0 aliphatic heterocycles. The first-order valence-electron chi connectivity index (χ1n) is 6.44. The number of nitrogens with one attached hydrogen (secondary N) is 1. The lowest BCUT2D eigenvalue weighted by Crippen LogP contribution is -2.17. The standard InChI is InChI=1S/C13H15IN4O/c1-18-7-9(6-15-18)12-16-11(8-4-2-3-5-8)10(14)13(19)17-12/h6-8H,2-5H2,1H3,(H,16,17,19). The summed E-state index contributed by atoms with van der Waals surface area (Å²) in [6.07, 6.45) is 8.33. The van der Waals surface area contributed by atoms with Crippen LogP contribution in [0.2, 0.25) is 0 Å². The highest BCUT2D eigenvalue weighted by Crippen LogP contribution is 2.34. The van der Waals surface area contributed by atoms with Crippen molar-refractivity contribution in [1.29, 1.82) is 0 Å². The van der Waals surface area contributed by atoms with Crippen LogP contribution in [-0.2, 0) is 7.05 Å². The molecule has 1 aliphatic carbocycles. The molecule has 5 nitrogen and oxygen atoms in total. The van der Waals surface area contributed by atoms with Crippen LogP contribution in [0, 0.1) is 3.57 Å². The van der Waals surface area contributed by atoms with Crippen molar-refractivity contribution >= 4 is 22.6 Å². The minimum atomic E-state index is -0.0450. The van der Waals surface area contributed by atoms with Crippen molar-refractivity contribution in [1.82, 2.24) is 19.7 Å². The predicted molar refractivity (Wildman–Crippen MR) is 81.0 cm³/mol. The third kappa shape index (κ3) is 2.45. The second kappa shape index (κ2) is 5.07. The molecule has 0 bridgehead atoms. The van der Waals surface area contributed by atoms with E-state index >= 15 is 0 Å². The van der Waals surface area contributed by atoms with Crippen LogP contribution in [0.4, 0.5) is 0 Å². The van der Waals surface area contributed by atoms with E-state index in [9.17, 15) is 4.79 Å². The van der Waals surface area contributed by atoms with Gasteiger partial charge in [0.15, 0.2) is 0 Å². The van der Waals surface area contributed by atoms with Gasteiger partial charge in [-0.1, -0.05) is 12.8 Å². The van der Waals surface area contributed by atoms with Crippen molar-refractivity contribution in [2.24, 2.45) is 7.05 Å². The highest BCUT2D eigenvalue weighted by molar-refractivity contribution is 14.1. The minimum absolute atomic E-state index is 0.0450. The summed E-state index contributed by atoms with van der Waals surface area (Å²) in [5.74, 6) is 1.06. The fourth-order valence-electron chi connectivity index (χ4n) is 2.63. The van der Waals surface area contributed by atoms with Crippen molar-refractivity contribution in [2.45, 2.75) is 31.6 Å². The molecule has 0 aromatic carbocycles. The largest absolute Gasteiger partial charge is 0.306 e. The van der Waals surface area contributed by atoms with Gasteiger partial charge in [0, 0.05) is 19.2 Å². The summed E-state index contributed by atoms with van der Waals surface area (Å²) in [5.41, 5.74) is 1.77. The Labute approximate surface area is 124 Å². The third-order valence-corrected chi connectivity index (χ3v) is 4.65. The molecule has 1 saturated carbocycles. The molecule has 0 atom stereocenters. The maximum atomic E-state index is 12.1. The fraction of sp³-hybridized carbons (Fsp3) is 0.462. The lowest BCUT2D eigenvalue weighted by Gasteiger charge is -2.11. The van der Waals surface area contributed by atoms with Crippen molar-refractivity contribution in [3.8, 4) is 11.4 Å². The van der Waals surface area contributed by atoms with E-state index in [0.717, 1.165) is 27.7 Å². The second-order valence-corrected chi connectivity index (χ2v) is 6.08. The first kappa shape index (κ1) is 12.8. The number of H-pyrrole nitrogens is 1. The van der Waals surface area contributed by atoms with Crippen LogP contribution in [0.15, 0.2) is 17.2 Å². The molecular weight excluding hydrogens is 355 g/mol. The van der Waals surface area contributed by atoms with Crippen molar-refractivity contribution < 1.29 is 0 Å². The molecule has 0 amide bonds. The van der Waals surface area contributed by atoms with Gasteiger partial charge in [-0.15, -0.1) is 0 Å². The van der Waals surface area contributed by atoms with Crippen LogP contribution in [0.3, 0.4) is 0 Å². The lowest BCUT2D eigenvalue weighted by molar-refractivity contribution is 0.687. The highest BCUT2D eigenvalue weighted by atomic mass is 127. The predicted octanol–water partition coefficient (Wildman–Crippen LogP) is 2.43. The first-order chi connectivity index (χ1) is 9.15. The monoisotopic (exact) mass is 370 g/mol. The van der Waals surface area contributed by atoms with Gasteiger partial charge < -0.3 is 4.98 Å². The quantitative estimate of drug-likeness (QED) is 0.826. The van der Waals surface area contributed by atoms with Crippen LogP contribution < -0.4 is 5.56 Å². The maximum absolute atomic E-state index is 12.1. The molecule has 0 unspecified atom stereocenters. The summed E-state index contributed by atoms with van der Waals surface area (Å²) in [6, 6.07) is 0. The molecule has 2 aromatic rings. The van der Waals surface area contributed by atoms with Crippen LogP contribution in [0.1, 0.15) is 37.3 Å². The molecule has 2 aromatic heterocycles. The van der Waals surface area contributed by atoms with Gasteiger partial charge >= 0.3 is 0 Å². The molecule has 0 saturated heterocycles. The zero-order valence-electron chi connectivity index (χ0n) is 10.7. The van der Waals surface area contributed by atoms with Gasteiger partial charge in [0.05, 0.1) is 21.0 Å². The Morgan fingerprint density at radius 1 is 1.42 bits per heavy atom. The van der Waals surface area contributed by atoms with Crippen molar-refractivity contribution in [3.05, 3.63) is 32.0 Å². The maximum Gasteiger partial charge on any atom is 0.264 e. The summed E-state index contributed by atoms with van der Waals surface area (Å²) < 4.78 is 2.44. The number of halogens is 1. The molecule has 1 N–H and O–H groups in total. The van der Waals surface area contributed by atoms with Gasteiger partial charge in [-0.2, -0.15) is 5.10 Å². The van der Waals surface area contributed by atoms with Gasteiger partial charge in [0.1, 0.15) is 5.82 Å². The molecule has 1 fully saturated rings. The van der Waals surface area contributed by atoms with Gasteiger partial charge in [0.25, 0.3) is 5.56 Å². The van der Waals surface area contributed by atoms with Crippen molar-refractivity contribution in [2.75, 3.05) is 0 Å². The van der Waals surface area contributed by atoms with E-state index in [1.54, 1.807) is 10.9 Å². The van der Waals surface area contributed by atoms with Gasteiger partial charge in [-0.25, -0.2) is 4.98 Å². The van der Waals surface area contributed by atoms with E-state index in [2.05, 4.69) is 37.7 Å². The number of rotatable bonds is 2. The smallest absolute Gasteiger partial charge is 0.264 e. The number of aromatic nitrogens is 4. The van der Waals surface area contributed by atoms with Crippen LogP contribution in [0.5, 0.6) is 0 Å². The fourth-order valence-corrected chi connectivity index (χ4v) is 3.32. The molecule has 2 heterocycles. The molecular formula is C13H15IN4O. The summed E-state index contributed by atoms with van der Waals surface area (Å²) in [5, 5.41) is 4.13. The van der Waals surface area contributed by atoms with Crippen LogP contribution in [-0.4, -0.2) is 19.7 Å². The number of nitrogens with zero attached hydrogens (tertiary/aromatic N) is 3. The summed E-state index contributed by atoms with van der Waals surface area (Å²) >= 11 is 2.11. The van der Waals surface area contributed by atoms with E-state index in [1.807, 2.05) is 13.2 Å². The van der Waals surface area contributed by atoms with Gasteiger partial charge in [0.2, 0.25) is 0 Å². The average molecular weight is 370 g/mol. The molecule has 100 valence electrons. The van der Waals surface area contributed by atoms with E-state index in [-0.39, 0.29) is 5.56 Å². The number of aryl methyl sites for hydroxylation is 1. The lowest BCUT2D eigenvalue weighted by atomic mass is 10.0. The number of aromatic amines is 1. The highest BCUT2D eigenvalue weighted by Gasteiger charge is 2.23. The Hall–Kier alpha value is -1.18. The molecule has 6 heteroatoms. The molecule has 1 aliphatic rings. The molecule has 0 spiro atoms. The molecule has 19 heavy (non-hydrogen) atoms. The SMILES string of the molecule is Cn1cc(-c2nc(C3CCCC3)c(I)c(=O)[nH]2)cn1. The Bertz CT molecular complexity index is 655. The Kier molecular flexibility index (Phi) is 3.42. The van der Waals surface area contributed by atoms with Gasteiger partial charge in [-0.3, -0.25) is 9.48 Å². The Balaban J connectivity index is 2.09. The number of hydrogen-bond acceptors (Lipinski definition) is 3.